The molecule has 98 valence electrons. The van der Waals surface area contributed by atoms with Gasteiger partial charge in [0.15, 0.2) is 5.60 Å². The first-order valence-corrected chi connectivity index (χ1v) is 5.28. The highest BCUT2D eigenvalue weighted by atomic mass is 19.1. The SMILES string of the molecule is CC(O)(CNC(=O)Cc1cccc(F)c1)C(=O)O. The van der Waals surface area contributed by atoms with Crippen molar-refractivity contribution in [1.29, 1.82) is 0 Å². The summed E-state index contributed by atoms with van der Waals surface area (Å²) in [5.41, 5.74) is -1.54. The molecule has 5 nitrogen and oxygen atoms in total. The molecule has 0 aliphatic heterocycles. The number of benzene rings is 1. The summed E-state index contributed by atoms with van der Waals surface area (Å²) in [4.78, 5) is 22.0. The van der Waals surface area contributed by atoms with Crippen molar-refractivity contribution in [2.24, 2.45) is 0 Å². The quantitative estimate of drug-likeness (QED) is 0.707. The fourth-order valence-corrected chi connectivity index (χ4v) is 1.24. The van der Waals surface area contributed by atoms with Crippen LogP contribution < -0.4 is 5.32 Å². The van der Waals surface area contributed by atoms with Crippen LogP contribution in [0.5, 0.6) is 0 Å². The molecule has 0 saturated heterocycles. The Bertz CT molecular complexity index is 459. The first-order valence-electron chi connectivity index (χ1n) is 5.28. The number of aliphatic carboxylic acids is 1. The summed E-state index contributed by atoms with van der Waals surface area (Å²) in [6.45, 7) is 0.675. The molecule has 0 spiro atoms. The van der Waals surface area contributed by atoms with Gasteiger partial charge in [0.05, 0.1) is 13.0 Å². The molecule has 6 heteroatoms. The molecule has 1 amide bonds. The van der Waals surface area contributed by atoms with Crippen LogP contribution in [0.4, 0.5) is 4.39 Å². The molecule has 0 bridgehead atoms. The van der Waals surface area contributed by atoms with Crippen molar-refractivity contribution in [3.63, 3.8) is 0 Å². The van der Waals surface area contributed by atoms with Crippen LogP contribution >= 0.6 is 0 Å². The lowest BCUT2D eigenvalue weighted by Crippen LogP contribution is -2.46. The fourth-order valence-electron chi connectivity index (χ4n) is 1.24. The first-order chi connectivity index (χ1) is 8.31. The van der Waals surface area contributed by atoms with Gasteiger partial charge in [0.2, 0.25) is 5.91 Å². The van der Waals surface area contributed by atoms with Gasteiger partial charge in [-0.05, 0) is 24.6 Å². The average Bonchev–Trinajstić information content (AvgIpc) is 2.26. The summed E-state index contributed by atoms with van der Waals surface area (Å²) >= 11 is 0. The van der Waals surface area contributed by atoms with Crippen LogP contribution in [-0.2, 0) is 16.0 Å². The predicted molar refractivity (Wildman–Crippen MR) is 61.4 cm³/mol. The van der Waals surface area contributed by atoms with E-state index in [4.69, 9.17) is 5.11 Å². The number of rotatable bonds is 5. The van der Waals surface area contributed by atoms with E-state index >= 15 is 0 Å². The van der Waals surface area contributed by atoms with Crippen molar-refractivity contribution in [3.05, 3.63) is 35.6 Å². The molecule has 3 N–H and O–H groups in total. The molecule has 1 rings (SSSR count). The van der Waals surface area contributed by atoms with Gasteiger partial charge in [-0.15, -0.1) is 0 Å². The van der Waals surface area contributed by atoms with Gasteiger partial charge in [-0.2, -0.15) is 0 Å². The standard InChI is InChI=1S/C12H14FNO4/c1-12(18,11(16)17)7-14-10(15)6-8-3-2-4-9(13)5-8/h2-5,18H,6-7H2,1H3,(H,14,15)(H,16,17). The topological polar surface area (TPSA) is 86.6 Å². The van der Waals surface area contributed by atoms with Crippen molar-refractivity contribution in [2.75, 3.05) is 6.54 Å². The Labute approximate surface area is 103 Å². The molecule has 0 aliphatic carbocycles. The largest absolute Gasteiger partial charge is 0.479 e. The molecule has 1 aromatic carbocycles. The van der Waals surface area contributed by atoms with Gasteiger partial charge in [0.25, 0.3) is 0 Å². The zero-order valence-electron chi connectivity index (χ0n) is 9.81. The summed E-state index contributed by atoms with van der Waals surface area (Å²) in [5.74, 6) is -2.35. The van der Waals surface area contributed by atoms with Crippen molar-refractivity contribution < 1.29 is 24.2 Å². The highest BCUT2D eigenvalue weighted by molar-refractivity contribution is 5.81. The number of hydrogen-bond acceptors (Lipinski definition) is 3. The van der Waals surface area contributed by atoms with Crippen molar-refractivity contribution in [1.82, 2.24) is 5.32 Å². The maximum Gasteiger partial charge on any atom is 0.337 e. The van der Waals surface area contributed by atoms with Gasteiger partial charge in [0.1, 0.15) is 5.82 Å². The second kappa shape index (κ2) is 5.59. The minimum atomic E-state index is -2.02. The van der Waals surface area contributed by atoms with Gasteiger partial charge in [0, 0.05) is 0 Å². The van der Waals surface area contributed by atoms with Gasteiger partial charge in [-0.1, -0.05) is 12.1 Å². The Morgan fingerprint density at radius 1 is 1.44 bits per heavy atom. The van der Waals surface area contributed by atoms with Crippen LogP contribution in [0.3, 0.4) is 0 Å². The number of halogens is 1. The third-order valence-corrected chi connectivity index (χ3v) is 2.34. The lowest BCUT2D eigenvalue weighted by molar-refractivity contribution is -0.156. The third-order valence-electron chi connectivity index (χ3n) is 2.34. The Balaban J connectivity index is 2.50. The minimum absolute atomic E-state index is 0.0759. The lowest BCUT2D eigenvalue weighted by atomic mass is 10.1. The Kier molecular flexibility index (Phi) is 4.38. The lowest BCUT2D eigenvalue weighted by Gasteiger charge is -2.18. The molecule has 0 saturated carbocycles. The molecule has 1 atom stereocenters. The number of carbonyl (C=O) groups excluding carboxylic acids is 1. The van der Waals surface area contributed by atoms with Crippen molar-refractivity contribution in [2.45, 2.75) is 18.9 Å². The second-order valence-electron chi connectivity index (χ2n) is 4.16. The number of aliphatic hydroxyl groups is 1. The summed E-state index contributed by atoms with van der Waals surface area (Å²) in [6, 6.07) is 5.54. The van der Waals surface area contributed by atoms with Crippen LogP contribution in [0.15, 0.2) is 24.3 Å². The minimum Gasteiger partial charge on any atom is -0.479 e. The van der Waals surface area contributed by atoms with E-state index in [1.807, 2.05) is 0 Å². The van der Waals surface area contributed by atoms with Crippen molar-refractivity contribution in [3.8, 4) is 0 Å². The summed E-state index contributed by atoms with van der Waals surface area (Å²) in [5, 5.41) is 20.3. The first kappa shape index (κ1) is 14.1. The highest BCUT2D eigenvalue weighted by Gasteiger charge is 2.30. The number of nitrogens with one attached hydrogen (secondary N) is 1. The van der Waals surface area contributed by atoms with E-state index in [2.05, 4.69) is 5.32 Å². The van der Waals surface area contributed by atoms with Crippen LogP contribution in [0.1, 0.15) is 12.5 Å². The fraction of sp³-hybridized carbons (Fsp3) is 0.333. The molecule has 0 aromatic heterocycles. The second-order valence-corrected chi connectivity index (χ2v) is 4.16. The highest BCUT2D eigenvalue weighted by Crippen LogP contribution is 2.05. The van der Waals surface area contributed by atoms with E-state index in [1.54, 1.807) is 6.07 Å². The Morgan fingerprint density at radius 3 is 2.67 bits per heavy atom. The number of carboxylic acid groups (broad SMARTS) is 1. The van der Waals surface area contributed by atoms with Crippen LogP contribution in [0.25, 0.3) is 0 Å². The van der Waals surface area contributed by atoms with Gasteiger partial charge in [-0.3, -0.25) is 4.79 Å². The molecular formula is C12H14FNO4. The van der Waals surface area contributed by atoms with E-state index in [0.29, 0.717) is 5.56 Å². The van der Waals surface area contributed by atoms with E-state index < -0.39 is 29.8 Å². The van der Waals surface area contributed by atoms with Gasteiger partial charge >= 0.3 is 5.97 Å². The molecule has 0 fully saturated rings. The number of amides is 1. The number of hydrogen-bond donors (Lipinski definition) is 3. The molecule has 0 aliphatic rings. The van der Waals surface area contributed by atoms with Crippen LogP contribution in [0, 0.1) is 5.82 Å². The van der Waals surface area contributed by atoms with Crippen molar-refractivity contribution >= 4 is 11.9 Å². The van der Waals surface area contributed by atoms with Gasteiger partial charge in [-0.25, -0.2) is 9.18 Å². The molecular weight excluding hydrogens is 241 g/mol. The van der Waals surface area contributed by atoms with E-state index in [0.717, 1.165) is 6.92 Å². The summed E-state index contributed by atoms with van der Waals surface area (Å²) < 4.78 is 12.8. The zero-order valence-corrected chi connectivity index (χ0v) is 9.81. The normalized spacial score (nSPS) is 13.7. The molecule has 1 aromatic rings. The smallest absolute Gasteiger partial charge is 0.337 e. The Morgan fingerprint density at radius 2 is 2.11 bits per heavy atom. The molecule has 0 radical (unpaired) electrons. The maximum atomic E-state index is 12.8. The third kappa shape index (κ3) is 4.14. The van der Waals surface area contributed by atoms with E-state index in [1.165, 1.54) is 18.2 Å². The number of carbonyl (C=O) groups is 2. The molecule has 0 heterocycles. The van der Waals surface area contributed by atoms with E-state index in [9.17, 15) is 19.1 Å². The number of carboxylic acids is 1. The molecule has 18 heavy (non-hydrogen) atoms. The van der Waals surface area contributed by atoms with E-state index in [-0.39, 0.29) is 6.42 Å². The summed E-state index contributed by atoms with van der Waals surface area (Å²) in [6.07, 6.45) is -0.0759. The predicted octanol–water partition coefficient (Wildman–Crippen LogP) is 0.320. The van der Waals surface area contributed by atoms with Gasteiger partial charge < -0.3 is 15.5 Å². The Hall–Kier alpha value is -1.95. The van der Waals surface area contributed by atoms with Crippen LogP contribution in [0.2, 0.25) is 0 Å². The maximum absolute atomic E-state index is 12.8. The molecule has 1 unspecified atom stereocenters. The monoisotopic (exact) mass is 255 g/mol. The average molecular weight is 255 g/mol. The van der Waals surface area contributed by atoms with Crippen LogP contribution in [-0.4, -0.2) is 34.2 Å². The summed E-state index contributed by atoms with van der Waals surface area (Å²) in [7, 11) is 0. The zero-order chi connectivity index (χ0) is 13.8.